The molecule has 1 aromatic rings. The summed E-state index contributed by atoms with van der Waals surface area (Å²) in [6.45, 7) is 0. The molecule has 0 atom stereocenters. The molecule has 0 spiro atoms. The second kappa shape index (κ2) is 6.78. The van der Waals surface area contributed by atoms with Gasteiger partial charge in [0.15, 0.2) is 11.5 Å². The minimum absolute atomic E-state index is 0.0435. The van der Waals surface area contributed by atoms with Crippen molar-refractivity contribution in [2.24, 2.45) is 0 Å². The number of carbonyl (C=O) groups is 1. The Kier molecular flexibility index (Phi) is 5.33. The van der Waals surface area contributed by atoms with Gasteiger partial charge < -0.3 is 15.3 Å². The maximum atomic E-state index is 10.3. The van der Waals surface area contributed by atoms with Gasteiger partial charge in [0, 0.05) is 6.42 Å². The second-order valence-electron chi connectivity index (χ2n) is 4.09. The number of carboxylic acid groups (broad SMARTS) is 1. The van der Waals surface area contributed by atoms with E-state index in [0.29, 0.717) is 12.8 Å². The monoisotopic (exact) mass is 238 g/mol. The van der Waals surface area contributed by atoms with Crippen molar-refractivity contribution in [2.75, 3.05) is 0 Å². The molecule has 0 bridgehead atoms. The van der Waals surface area contributed by atoms with Gasteiger partial charge in [-0.1, -0.05) is 25.0 Å². The number of hydrogen-bond donors (Lipinski definition) is 3. The molecule has 3 N–H and O–H groups in total. The standard InChI is InChI=1S/C13H18O4/c14-11-8-5-7-10(13(11)17)6-3-1-2-4-9-12(15)16/h5,7-8,14,17H,1-4,6,9H2,(H,15,16). The molecule has 0 aliphatic rings. The SMILES string of the molecule is O=C(O)CCCCCCc1cccc(O)c1O. The number of aromatic hydroxyl groups is 2. The zero-order valence-corrected chi connectivity index (χ0v) is 9.72. The lowest BCUT2D eigenvalue weighted by molar-refractivity contribution is -0.137. The molecule has 0 unspecified atom stereocenters. The zero-order chi connectivity index (χ0) is 12.7. The van der Waals surface area contributed by atoms with Crippen molar-refractivity contribution in [3.8, 4) is 11.5 Å². The average molecular weight is 238 g/mol. The Morgan fingerprint density at radius 3 is 2.47 bits per heavy atom. The van der Waals surface area contributed by atoms with Gasteiger partial charge in [0.25, 0.3) is 0 Å². The fraction of sp³-hybridized carbons (Fsp3) is 0.462. The van der Waals surface area contributed by atoms with Crippen LogP contribution in [0.25, 0.3) is 0 Å². The van der Waals surface area contributed by atoms with Gasteiger partial charge in [-0.25, -0.2) is 0 Å². The smallest absolute Gasteiger partial charge is 0.303 e. The van der Waals surface area contributed by atoms with Crippen molar-refractivity contribution in [1.82, 2.24) is 0 Å². The maximum Gasteiger partial charge on any atom is 0.303 e. The molecular formula is C13H18O4. The minimum atomic E-state index is -0.754. The number of benzene rings is 1. The Bertz CT molecular complexity index is 374. The van der Waals surface area contributed by atoms with E-state index in [9.17, 15) is 15.0 Å². The number of aryl methyl sites for hydroxylation is 1. The number of aliphatic carboxylic acids is 1. The molecule has 17 heavy (non-hydrogen) atoms. The highest BCUT2D eigenvalue weighted by molar-refractivity contribution is 5.66. The first-order valence-electron chi connectivity index (χ1n) is 5.83. The Morgan fingerprint density at radius 2 is 1.76 bits per heavy atom. The molecule has 0 amide bonds. The molecule has 0 aliphatic heterocycles. The third-order valence-corrected chi connectivity index (χ3v) is 2.69. The summed E-state index contributed by atoms with van der Waals surface area (Å²) in [5.41, 5.74) is 0.739. The number of phenolic OH excluding ortho intramolecular Hbond substituents is 2. The predicted octanol–water partition coefficient (Wildman–Crippen LogP) is 2.68. The van der Waals surface area contributed by atoms with E-state index in [0.717, 1.165) is 24.8 Å². The van der Waals surface area contributed by atoms with Crippen LogP contribution in [0, 0.1) is 0 Å². The van der Waals surface area contributed by atoms with E-state index in [1.807, 2.05) is 0 Å². The quantitative estimate of drug-likeness (QED) is 0.504. The van der Waals surface area contributed by atoms with Crippen LogP contribution >= 0.6 is 0 Å². The molecule has 94 valence electrons. The molecule has 4 heteroatoms. The number of phenols is 2. The Labute approximate surface area is 101 Å². The van der Waals surface area contributed by atoms with Crippen molar-refractivity contribution in [1.29, 1.82) is 0 Å². The van der Waals surface area contributed by atoms with Crippen LogP contribution < -0.4 is 0 Å². The van der Waals surface area contributed by atoms with Crippen LogP contribution in [0.2, 0.25) is 0 Å². The summed E-state index contributed by atoms with van der Waals surface area (Å²) in [4.78, 5) is 10.3. The summed E-state index contributed by atoms with van der Waals surface area (Å²) in [6.07, 6.45) is 4.32. The fourth-order valence-corrected chi connectivity index (χ4v) is 1.72. The lowest BCUT2D eigenvalue weighted by atomic mass is 10.0. The van der Waals surface area contributed by atoms with Crippen LogP contribution in [-0.2, 0) is 11.2 Å². The largest absolute Gasteiger partial charge is 0.504 e. The van der Waals surface area contributed by atoms with Gasteiger partial charge in [-0.15, -0.1) is 0 Å². The first-order valence-corrected chi connectivity index (χ1v) is 5.83. The van der Waals surface area contributed by atoms with Crippen molar-refractivity contribution in [3.63, 3.8) is 0 Å². The van der Waals surface area contributed by atoms with Crippen LogP contribution in [0.4, 0.5) is 0 Å². The molecule has 0 fully saturated rings. The van der Waals surface area contributed by atoms with Gasteiger partial charge in [0.2, 0.25) is 0 Å². The Morgan fingerprint density at radius 1 is 1.06 bits per heavy atom. The number of hydrogen-bond acceptors (Lipinski definition) is 3. The van der Waals surface area contributed by atoms with Gasteiger partial charge in [-0.3, -0.25) is 4.79 Å². The van der Waals surface area contributed by atoms with E-state index in [2.05, 4.69) is 0 Å². The van der Waals surface area contributed by atoms with E-state index >= 15 is 0 Å². The first-order chi connectivity index (χ1) is 8.11. The molecule has 0 heterocycles. The number of rotatable bonds is 7. The van der Waals surface area contributed by atoms with E-state index in [4.69, 9.17) is 5.11 Å². The molecule has 0 aliphatic carbocycles. The molecule has 0 saturated heterocycles. The highest BCUT2D eigenvalue weighted by Gasteiger charge is 2.05. The molecule has 0 saturated carbocycles. The molecule has 0 radical (unpaired) electrons. The van der Waals surface area contributed by atoms with Crippen LogP contribution in [-0.4, -0.2) is 21.3 Å². The topological polar surface area (TPSA) is 77.8 Å². The van der Waals surface area contributed by atoms with Gasteiger partial charge in [0.1, 0.15) is 0 Å². The highest BCUT2D eigenvalue weighted by Crippen LogP contribution is 2.29. The molecule has 1 aromatic carbocycles. The molecule has 4 nitrogen and oxygen atoms in total. The number of carboxylic acids is 1. The van der Waals surface area contributed by atoms with Crippen molar-refractivity contribution < 1.29 is 20.1 Å². The molecular weight excluding hydrogens is 220 g/mol. The highest BCUT2D eigenvalue weighted by atomic mass is 16.4. The van der Waals surface area contributed by atoms with Gasteiger partial charge in [0.05, 0.1) is 0 Å². The van der Waals surface area contributed by atoms with E-state index in [1.165, 1.54) is 6.07 Å². The average Bonchev–Trinajstić information content (AvgIpc) is 2.28. The van der Waals surface area contributed by atoms with Crippen molar-refractivity contribution in [2.45, 2.75) is 38.5 Å². The first kappa shape index (κ1) is 13.4. The lowest BCUT2D eigenvalue weighted by Gasteiger charge is -2.05. The third-order valence-electron chi connectivity index (χ3n) is 2.69. The van der Waals surface area contributed by atoms with E-state index in [1.54, 1.807) is 12.1 Å². The molecule has 1 rings (SSSR count). The zero-order valence-electron chi connectivity index (χ0n) is 9.72. The maximum absolute atomic E-state index is 10.3. The summed E-state index contributed by atoms with van der Waals surface area (Å²) in [7, 11) is 0. The predicted molar refractivity (Wildman–Crippen MR) is 64.2 cm³/mol. The summed E-state index contributed by atoms with van der Waals surface area (Å²) in [5.74, 6) is -0.887. The van der Waals surface area contributed by atoms with Crippen LogP contribution in [0.1, 0.15) is 37.7 Å². The van der Waals surface area contributed by atoms with E-state index < -0.39 is 5.97 Å². The van der Waals surface area contributed by atoms with Crippen LogP contribution in [0.15, 0.2) is 18.2 Å². The summed E-state index contributed by atoms with van der Waals surface area (Å²) in [6, 6.07) is 4.94. The van der Waals surface area contributed by atoms with E-state index in [-0.39, 0.29) is 17.9 Å². The number of para-hydroxylation sites is 1. The molecule has 0 aromatic heterocycles. The normalized spacial score (nSPS) is 10.4. The lowest BCUT2D eigenvalue weighted by Crippen LogP contribution is -1.94. The van der Waals surface area contributed by atoms with Gasteiger partial charge >= 0.3 is 5.97 Å². The van der Waals surface area contributed by atoms with Gasteiger partial charge in [-0.2, -0.15) is 0 Å². The summed E-state index contributed by atoms with van der Waals surface area (Å²) in [5, 5.41) is 27.3. The second-order valence-corrected chi connectivity index (χ2v) is 4.09. The Balaban J connectivity index is 2.22. The van der Waals surface area contributed by atoms with Crippen LogP contribution in [0.3, 0.4) is 0 Å². The summed E-state index contributed by atoms with van der Waals surface area (Å²) >= 11 is 0. The summed E-state index contributed by atoms with van der Waals surface area (Å²) < 4.78 is 0. The Hall–Kier alpha value is -1.71. The number of unbranched alkanes of at least 4 members (excludes halogenated alkanes) is 3. The fourth-order valence-electron chi connectivity index (χ4n) is 1.72. The van der Waals surface area contributed by atoms with Crippen LogP contribution in [0.5, 0.6) is 11.5 Å². The minimum Gasteiger partial charge on any atom is -0.504 e. The van der Waals surface area contributed by atoms with Crippen molar-refractivity contribution in [3.05, 3.63) is 23.8 Å². The third kappa shape index (κ3) is 4.76. The van der Waals surface area contributed by atoms with Gasteiger partial charge in [-0.05, 0) is 30.9 Å². The van der Waals surface area contributed by atoms with Crippen molar-refractivity contribution >= 4 is 5.97 Å².